The van der Waals surface area contributed by atoms with Gasteiger partial charge in [-0.25, -0.2) is 9.67 Å². The SMILES string of the molecule is CCC(=O)NC1CC2(CC(c3cnc4c(cnn4CC)c3NC3CCC3)=NO2)C1. The van der Waals surface area contributed by atoms with Gasteiger partial charge in [-0.1, -0.05) is 12.1 Å². The van der Waals surface area contributed by atoms with Crippen LogP contribution in [0.3, 0.4) is 0 Å². The molecule has 0 atom stereocenters. The molecule has 0 bridgehead atoms. The molecule has 2 aliphatic carbocycles. The molecule has 3 heterocycles. The summed E-state index contributed by atoms with van der Waals surface area (Å²) in [5, 5.41) is 16.8. The van der Waals surface area contributed by atoms with Crippen LogP contribution in [-0.2, 0) is 16.2 Å². The summed E-state index contributed by atoms with van der Waals surface area (Å²) in [6, 6.07) is 0.687. The number of oxime groups is 1. The van der Waals surface area contributed by atoms with Gasteiger partial charge in [-0.05, 0) is 26.2 Å². The Morgan fingerprint density at radius 1 is 1.28 bits per heavy atom. The third-order valence-electron chi connectivity index (χ3n) is 6.49. The first kappa shape index (κ1) is 18.4. The van der Waals surface area contributed by atoms with Crippen LogP contribution in [0.5, 0.6) is 0 Å². The van der Waals surface area contributed by atoms with Crippen LogP contribution in [-0.4, -0.2) is 44.1 Å². The largest absolute Gasteiger partial charge is 0.388 e. The van der Waals surface area contributed by atoms with Gasteiger partial charge in [-0.2, -0.15) is 5.10 Å². The first-order chi connectivity index (χ1) is 14.1. The maximum atomic E-state index is 11.6. The standard InChI is InChI=1S/C21H28N6O2/c1-3-18(28)24-14-8-21(9-14)10-17(26-29-21)15-11-22-20-16(12-23-27(20)4-2)19(15)25-13-6-5-7-13/h11-14H,3-10H2,1-2H3,(H,22,25)(H,24,28). The Kier molecular flexibility index (Phi) is 4.44. The average molecular weight is 396 g/mol. The number of pyridine rings is 1. The molecule has 0 unspecified atom stereocenters. The summed E-state index contributed by atoms with van der Waals surface area (Å²) in [7, 11) is 0. The van der Waals surface area contributed by atoms with Crippen molar-refractivity contribution in [3.05, 3.63) is 18.0 Å². The fourth-order valence-electron chi connectivity index (χ4n) is 4.54. The van der Waals surface area contributed by atoms with E-state index in [2.05, 4.69) is 27.8 Å². The van der Waals surface area contributed by atoms with Crippen molar-refractivity contribution >= 4 is 28.3 Å². The normalized spacial score (nSPS) is 26.0. The monoisotopic (exact) mass is 396 g/mol. The van der Waals surface area contributed by atoms with Crippen LogP contribution in [0.1, 0.15) is 64.4 Å². The van der Waals surface area contributed by atoms with E-state index in [4.69, 9.17) is 9.82 Å². The second kappa shape index (κ2) is 7.00. The van der Waals surface area contributed by atoms with Crippen molar-refractivity contribution in [2.45, 2.75) is 83.0 Å². The van der Waals surface area contributed by atoms with Gasteiger partial charge < -0.3 is 15.5 Å². The van der Waals surface area contributed by atoms with Gasteiger partial charge in [0.15, 0.2) is 5.65 Å². The van der Waals surface area contributed by atoms with E-state index in [0.29, 0.717) is 12.5 Å². The van der Waals surface area contributed by atoms with Crippen molar-refractivity contribution in [1.82, 2.24) is 20.1 Å². The molecule has 5 rings (SSSR count). The van der Waals surface area contributed by atoms with Crippen molar-refractivity contribution < 1.29 is 9.63 Å². The highest BCUT2D eigenvalue weighted by Crippen LogP contribution is 2.45. The highest BCUT2D eigenvalue weighted by Gasteiger charge is 2.51. The predicted molar refractivity (Wildman–Crippen MR) is 111 cm³/mol. The number of aryl methyl sites for hydroxylation is 1. The summed E-state index contributed by atoms with van der Waals surface area (Å²) >= 11 is 0. The van der Waals surface area contributed by atoms with Crippen molar-refractivity contribution in [2.75, 3.05) is 5.32 Å². The first-order valence-corrected chi connectivity index (χ1v) is 10.8. The third-order valence-corrected chi connectivity index (χ3v) is 6.49. The fraction of sp³-hybridized carbons (Fsp3) is 0.619. The quantitative estimate of drug-likeness (QED) is 0.783. The number of rotatable bonds is 6. The molecule has 2 aromatic rings. The molecule has 2 fully saturated rings. The Balaban J connectivity index is 1.39. The second-order valence-corrected chi connectivity index (χ2v) is 8.53. The lowest BCUT2D eigenvalue weighted by Crippen LogP contribution is -2.55. The molecular formula is C21H28N6O2. The molecule has 1 amide bonds. The molecule has 3 aliphatic rings. The molecule has 0 saturated heterocycles. The smallest absolute Gasteiger partial charge is 0.219 e. The molecule has 2 saturated carbocycles. The molecule has 154 valence electrons. The summed E-state index contributed by atoms with van der Waals surface area (Å²) in [5.41, 5.74) is 3.65. The lowest BCUT2D eigenvalue weighted by Gasteiger charge is -2.42. The number of hydrogen-bond acceptors (Lipinski definition) is 6. The van der Waals surface area contributed by atoms with Crippen LogP contribution in [0, 0.1) is 0 Å². The zero-order valence-electron chi connectivity index (χ0n) is 17.1. The average Bonchev–Trinajstić information content (AvgIpc) is 3.28. The number of carbonyl (C=O) groups excluding carboxylic acids is 1. The third kappa shape index (κ3) is 3.14. The maximum absolute atomic E-state index is 11.6. The molecule has 8 heteroatoms. The number of nitrogens with zero attached hydrogens (tertiary/aromatic N) is 4. The summed E-state index contributed by atoms with van der Waals surface area (Å²) in [6.07, 6.45) is 10.3. The highest BCUT2D eigenvalue weighted by atomic mass is 16.7. The van der Waals surface area contributed by atoms with Gasteiger partial charge in [0.25, 0.3) is 0 Å². The number of fused-ring (bicyclic) bond motifs is 1. The van der Waals surface area contributed by atoms with E-state index in [1.807, 2.05) is 24.0 Å². The number of nitrogens with one attached hydrogen (secondary N) is 2. The highest BCUT2D eigenvalue weighted by molar-refractivity contribution is 6.10. The topological polar surface area (TPSA) is 93.4 Å². The van der Waals surface area contributed by atoms with Gasteiger partial charge in [0.1, 0.15) is 5.60 Å². The fourth-order valence-corrected chi connectivity index (χ4v) is 4.54. The Morgan fingerprint density at radius 3 is 2.79 bits per heavy atom. The number of aromatic nitrogens is 3. The molecule has 29 heavy (non-hydrogen) atoms. The molecule has 0 aromatic carbocycles. The molecule has 1 spiro atoms. The number of hydrogen-bond donors (Lipinski definition) is 2. The van der Waals surface area contributed by atoms with Crippen LogP contribution < -0.4 is 10.6 Å². The zero-order chi connectivity index (χ0) is 20.0. The van der Waals surface area contributed by atoms with E-state index in [-0.39, 0.29) is 17.6 Å². The lowest BCUT2D eigenvalue weighted by atomic mass is 9.72. The molecule has 8 nitrogen and oxygen atoms in total. The first-order valence-electron chi connectivity index (χ1n) is 10.8. The number of amides is 1. The van der Waals surface area contributed by atoms with E-state index >= 15 is 0 Å². The summed E-state index contributed by atoms with van der Waals surface area (Å²) in [4.78, 5) is 22.2. The molecular weight excluding hydrogens is 368 g/mol. The Labute approximate surface area is 170 Å². The maximum Gasteiger partial charge on any atom is 0.219 e. The van der Waals surface area contributed by atoms with Crippen LogP contribution in [0.4, 0.5) is 5.69 Å². The summed E-state index contributed by atoms with van der Waals surface area (Å²) < 4.78 is 1.92. The van der Waals surface area contributed by atoms with Crippen LogP contribution in [0.25, 0.3) is 11.0 Å². The van der Waals surface area contributed by atoms with Crippen LogP contribution in [0.15, 0.2) is 17.5 Å². The van der Waals surface area contributed by atoms with Crippen molar-refractivity contribution in [2.24, 2.45) is 5.16 Å². The van der Waals surface area contributed by atoms with Crippen molar-refractivity contribution in [1.29, 1.82) is 0 Å². The van der Waals surface area contributed by atoms with Gasteiger partial charge in [0, 0.05) is 56.1 Å². The minimum atomic E-state index is -0.280. The van der Waals surface area contributed by atoms with Crippen LogP contribution in [0.2, 0.25) is 0 Å². The zero-order valence-corrected chi connectivity index (χ0v) is 17.1. The van der Waals surface area contributed by atoms with Gasteiger partial charge in [-0.15, -0.1) is 0 Å². The Bertz CT molecular complexity index is 971. The van der Waals surface area contributed by atoms with Gasteiger partial charge in [0.05, 0.1) is 23.0 Å². The lowest BCUT2D eigenvalue weighted by molar-refractivity contribution is -0.128. The summed E-state index contributed by atoms with van der Waals surface area (Å²) in [5.74, 6) is 0.0959. The summed E-state index contributed by atoms with van der Waals surface area (Å²) in [6.45, 7) is 4.73. The molecule has 2 N–H and O–H groups in total. The second-order valence-electron chi connectivity index (χ2n) is 8.53. The Hall–Kier alpha value is -2.64. The van der Waals surface area contributed by atoms with Gasteiger partial charge in [-0.3, -0.25) is 4.79 Å². The Morgan fingerprint density at radius 2 is 2.10 bits per heavy atom. The van der Waals surface area contributed by atoms with E-state index in [9.17, 15) is 4.79 Å². The minimum absolute atomic E-state index is 0.0959. The molecule has 1 aliphatic heterocycles. The van der Waals surface area contributed by atoms with E-state index in [1.54, 1.807) is 0 Å². The van der Waals surface area contributed by atoms with E-state index < -0.39 is 0 Å². The minimum Gasteiger partial charge on any atom is -0.388 e. The van der Waals surface area contributed by atoms with Gasteiger partial charge >= 0.3 is 0 Å². The van der Waals surface area contributed by atoms with Crippen molar-refractivity contribution in [3.8, 4) is 0 Å². The molecule has 0 radical (unpaired) electrons. The number of carbonyl (C=O) groups is 1. The van der Waals surface area contributed by atoms with Gasteiger partial charge in [0.2, 0.25) is 5.91 Å². The predicted octanol–water partition coefficient (Wildman–Crippen LogP) is 2.97. The van der Waals surface area contributed by atoms with E-state index in [1.165, 1.54) is 19.3 Å². The van der Waals surface area contributed by atoms with Crippen LogP contribution >= 0.6 is 0 Å². The number of anilines is 1. The van der Waals surface area contributed by atoms with Crippen molar-refractivity contribution in [3.63, 3.8) is 0 Å². The van der Waals surface area contributed by atoms with E-state index in [0.717, 1.165) is 53.8 Å². The molecule has 2 aromatic heterocycles.